The molecule has 4 rings (SSSR count). The molecule has 0 atom stereocenters. The van der Waals surface area contributed by atoms with Crippen LogP contribution in [-0.4, -0.2) is 4.57 Å². The van der Waals surface area contributed by atoms with E-state index in [1.165, 1.54) is 0 Å². The normalized spacial score (nSPS) is 11.2. The van der Waals surface area contributed by atoms with E-state index in [-0.39, 0.29) is 5.43 Å². The van der Waals surface area contributed by atoms with E-state index < -0.39 is 0 Å². The Hall–Kier alpha value is -2.87. The predicted octanol–water partition coefficient (Wildman–Crippen LogP) is 5.62. The summed E-state index contributed by atoms with van der Waals surface area (Å²) < 4.78 is 2.30. The van der Waals surface area contributed by atoms with Gasteiger partial charge in [-0.1, -0.05) is 61.9 Å². The lowest BCUT2D eigenvalue weighted by molar-refractivity contribution is 0.662. The van der Waals surface area contributed by atoms with Crippen LogP contribution in [0.3, 0.4) is 0 Å². The van der Waals surface area contributed by atoms with E-state index in [1.54, 1.807) is 0 Å². The molecule has 0 bridgehead atoms. The summed E-state index contributed by atoms with van der Waals surface area (Å²) in [5.74, 6) is 0. The molecule has 0 spiro atoms. The van der Waals surface area contributed by atoms with Crippen molar-refractivity contribution in [1.29, 1.82) is 0 Å². The van der Waals surface area contributed by atoms with Crippen LogP contribution in [0.1, 0.15) is 19.8 Å². The number of nitrogens with zero attached hydrogens (tertiary/aromatic N) is 1. The first kappa shape index (κ1) is 15.6. The smallest absolute Gasteiger partial charge is 0.197 e. The predicted molar refractivity (Wildman–Crippen MR) is 106 cm³/mol. The molecule has 2 heteroatoms. The molecule has 0 radical (unpaired) electrons. The molecule has 25 heavy (non-hydrogen) atoms. The molecule has 0 aliphatic carbocycles. The van der Waals surface area contributed by atoms with Gasteiger partial charge in [0.05, 0.1) is 11.0 Å². The molecular weight excluding hydrogens is 306 g/mol. The highest BCUT2D eigenvalue weighted by Gasteiger charge is 2.11. The molecule has 0 unspecified atom stereocenters. The number of fused-ring (bicyclic) bond motifs is 2. The second-order valence-corrected chi connectivity index (χ2v) is 6.45. The maximum atomic E-state index is 13.1. The van der Waals surface area contributed by atoms with Crippen molar-refractivity contribution >= 4 is 21.8 Å². The van der Waals surface area contributed by atoms with Crippen LogP contribution in [0.15, 0.2) is 77.6 Å². The molecule has 0 aliphatic heterocycles. The molecular formula is C23H21NO. The summed E-state index contributed by atoms with van der Waals surface area (Å²) in [5.41, 5.74) is 4.40. The lowest BCUT2D eigenvalue weighted by Gasteiger charge is -2.15. The maximum Gasteiger partial charge on any atom is 0.197 e. The van der Waals surface area contributed by atoms with Gasteiger partial charge < -0.3 is 4.57 Å². The van der Waals surface area contributed by atoms with Crippen molar-refractivity contribution in [3.8, 4) is 11.1 Å². The number of hydrogen-bond donors (Lipinski definition) is 0. The van der Waals surface area contributed by atoms with Crippen LogP contribution in [0, 0.1) is 0 Å². The fraction of sp³-hybridized carbons (Fsp3) is 0.174. The number of rotatable bonds is 4. The van der Waals surface area contributed by atoms with E-state index >= 15 is 0 Å². The Morgan fingerprint density at radius 3 is 2.28 bits per heavy atom. The van der Waals surface area contributed by atoms with Gasteiger partial charge >= 0.3 is 0 Å². The van der Waals surface area contributed by atoms with Gasteiger partial charge in [-0.2, -0.15) is 0 Å². The van der Waals surface area contributed by atoms with E-state index in [0.717, 1.165) is 52.3 Å². The summed E-state index contributed by atoms with van der Waals surface area (Å²) in [4.78, 5) is 13.1. The first-order chi connectivity index (χ1) is 12.3. The molecule has 0 N–H and O–H groups in total. The number of pyridine rings is 1. The van der Waals surface area contributed by atoms with E-state index in [2.05, 4.69) is 41.8 Å². The van der Waals surface area contributed by atoms with Crippen molar-refractivity contribution in [2.24, 2.45) is 0 Å². The van der Waals surface area contributed by atoms with Crippen LogP contribution < -0.4 is 5.43 Å². The van der Waals surface area contributed by atoms with Crippen molar-refractivity contribution in [3.63, 3.8) is 0 Å². The average Bonchev–Trinajstić information content (AvgIpc) is 2.68. The van der Waals surface area contributed by atoms with Gasteiger partial charge in [0.15, 0.2) is 5.43 Å². The molecule has 0 amide bonds. The highest BCUT2D eigenvalue weighted by molar-refractivity contribution is 5.95. The Morgan fingerprint density at radius 1 is 0.760 bits per heavy atom. The molecule has 4 aromatic rings. The third-order valence-corrected chi connectivity index (χ3v) is 4.81. The number of para-hydroxylation sites is 1. The zero-order chi connectivity index (χ0) is 17.2. The standard InChI is InChI=1S/C23H21NO/c1-2-3-15-24-21-12-8-7-11-19(21)23(25)20-16-18(13-14-22(20)24)17-9-5-4-6-10-17/h4-14,16H,2-3,15H2,1H3. The Balaban J connectivity index is 2.04. The molecule has 0 saturated carbocycles. The van der Waals surface area contributed by atoms with E-state index in [9.17, 15) is 4.79 Å². The first-order valence-electron chi connectivity index (χ1n) is 8.90. The lowest BCUT2D eigenvalue weighted by atomic mass is 10.0. The van der Waals surface area contributed by atoms with Crippen molar-refractivity contribution in [2.75, 3.05) is 0 Å². The minimum atomic E-state index is 0.121. The van der Waals surface area contributed by atoms with Crippen LogP contribution in [0.4, 0.5) is 0 Å². The van der Waals surface area contributed by atoms with E-state index in [0.29, 0.717) is 0 Å². The van der Waals surface area contributed by atoms with Crippen molar-refractivity contribution in [2.45, 2.75) is 26.3 Å². The SMILES string of the molecule is CCCCn1c2ccccc2c(=O)c2cc(-c3ccccc3)ccc21. The van der Waals surface area contributed by atoms with Crippen LogP contribution in [0.5, 0.6) is 0 Å². The third kappa shape index (κ3) is 2.74. The zero-order valence-electron chi connectivity index (χ0n) is 14.4. The Labute approximate surface area is 147 Å². The second kappa shape index (κ2) is 6.56. The fourth-order valence-corrected chi connectivity index (χ4v) is 3.50. The minimum absolute atomic E-state index is 0.121. The summed E-state index contributed by atoms with van der Waals surface area (Å²) in [7, 11) is 0. The number of unbranched alkanes of at least 4 members (excludes halogenated alkanes) is 1. The van der Waals surface area contributed by atoms with Crippen molar-refractivity contribution in [1.82, 2.24) is 4.57 Å². The monoisotopic (exact) mass is 327 g/mol. The Morgan fingerprint density at radius 2 is 1.48 bits per heavy atom. The van der Waals surface area contributed by atoms with E-state index in [4.69, 9.17) is 0 Å². The summed E-state index contributed by atoms with van der Waals surface area (Å²) in [6.45, 7) is 3.12. The zero-order valence-corrected chi connectivity index (χ0v) is 14.4. The highest BCUT2D eigenvalue weighted by atomic mass is 16.1. The molecule has 0 fully saturated rings. The van der Waals surface area contributed by atoms with Crippen LogP contribution >= 0.6 is 0 Å². The molecule has 2 nitrogen and oxygen atoms in total. The topological polar surface area (TPSA) is 22.0 Å². The van der Waals surface area contributed by atoms with Gasteiger partial charge in [0.2, 0.25) is 0 Å². The van der Waals surface area contributed by atoms with Crippen molar-refractivity contribution in [3.05, 3.63) is 83.0 Å². The van der Waals surface area contributed by atoms with Crippen LogP contribution in [0.2, 0.25) is 0 Å². The molecule has 1 aromatic heterocycles. The Kier molecular flexibility index (Phi) is 4.10. The summed E-state index contributed by atoms with van der Waals surface area (Å²) in [6.07, 6.45) is 2.23. The maximum absolute atomic E-state index is 13.1. The number of benzene rings is 3. The quantitative estimate of drug-likeness (QED) is 0.446. The molecule has 124 valence electrons. The molecule has 1 heterocycles. The summed E-state index contributed by atoms with van der Waals surface area (Å²) in [5, 5.41) is 1.60. The first-order valence-corrected chi connectivity index (χ1v) is 8.90. The summed E-state index contributed by atoms with van der Waals surface area (Å²) >= 11 is 0. The third-order valence-electron chi connectivity index (χ3n) is 4.81. The van der Waals surface area contributed by atoms with Crippen LogP contribution in [-0.2, 0) is 6.54 Å². The number of aryl methyl sites for hydroxylation is 1. The molecule has 0 saturated heterocycles. The lowest BCUT2D eigenvalue weighted by Crippen LogP contribution is -2.11. The Bertz CT molecular complexity index is 1090. The molecule has 0 aliphatic rings. The van der Waals surface area contributed by atoms with Crippen molar-refractivity contribution < 1.29 is 0 Å². The number of hydrogen-bond acceptors (Lipinski definition) is 1. The van der Waals surface area contributed by atoms with Gasteiger partial charge in [-0.3, -0.25) is 4.79 Å². The highest BCUT2D eigenvalue weighted by Crippen LogP contribution is 2.26. The van der Waals surface area contributed by atoms with Gasteiger partial charge in [-0.25, -0.2) is 0 Å². The van der Waals surface area contributed by atoms with Gasteiger partial charge in [-0.05, 0) is 41.8 Å². The fourth-order valence-electron chi connectivity index (χ4n) is 3.50. The van der Waals surface area contributed by atoms with E-state index in [1.807, 2.05) is 42.5 Å². The van der Waals surface area contributed by atoms with Gasteiger partial charge in [0.25, 0.3) is 0 Å². The van der Waals surface area contributed by atoms with Crippen LogP contribution in [0.25, 0.3) is 32.9 Å². The van der Waals surface area contributed by atoms with Gasteiger partial charge in [0.1, 0.15) is 0 Å². The largest absolute Gasteiger partial charge is 0.340 e. The van der Waals surface area contributed by atoms with Gasteiger partial charge in [-0.15, -0.1) is 0 Å². The average molecular weight is 327 g/mol. The minimum Gasteiger partial charge on any atom is -0.340 e. The number of aromatic nitrogens is 1. The molecule has 3 aromatic carbocycles. The van der Waals surface area contributed by atoms with Gasteiger partial charge in [0, 0.05) is 17.3 Å². The second-order valence-electron chi connectivity index (χ2n) is 6.45. The summed E-state index contributed by atoms with van der Waals surface area (Å²) in [6, 6.07) is 24.4.